The minimum Gasteiger partial charge on any atom is -0.454 e. The number of nitrogens with zero attached hydrogens (tertiary/aromatic N) is 1. The fraction of sp³-hybridized carbons (Fsp3) is 0.389. The van der Waals surface area contributed by atoms with Crippen molar-refractivity contribution >= 4 is 38.9 Å². The van der Waals surface area contributed by atoms with Gasteiger partial charge in [0.15, 0.2) is 11.9 Å². The van der Waals surface area contributed by atoms with Gasteiger partial charge in [0.05, 0.1) is 11.8 Å². The maximum atomic E-state index is 12.6. The molecule has 0 saturated heterocycles. The highest BCUT2D eigenvalue weighted by Gasteiger charge is 2.22. The molecule has 3 aromatic rings. The number of esters is 1. The molecule has 1 N–H and O–H groups in total. The van der Waals surface area contributed by atoms with Crippen molar-refractivity contribution in [3.63, 3.8) is 0 Å². The minimum absolute atomic E-state index is 0.148. The Balaban J connectivity index is 1.89. The third kappa shape index (κ3) is 3.99. The zero-order valence-corrected chi connectivity index (χ0v) is 16.2. The summed E-state index contributed by atoms with van der Waals surface area (Å²) in [7, 11) is 0. The summed E-state index contributed by atoms with van der Waals surface area (Å²) >= 11 is 3.01. The van der Waals surface area contributed by atoms with Gasteiger partial charge in [-0.1, -0.05) is 26.8 Å². The molecule has 0 bridgehead atoms. The molecule has 1 atom stereocenters. The van der Waals surface area contributed by atoms with Crippen LogP contribution in [0, 0.1) is 5.41 Å². The number of aromatic amines is 1. The maximum absolute atomic E-state index is 12.6. The standard InChI is InChI=1S/C18H20N2O3S2/c1-10(23-13(21)8-18(2,3)4)15-19-16(22)14-11(9-25-17(14)20-15)12-6-5-7-24-12/h5-7,9-10H,8H2,1-4H3,(H,19,20,22)/t10-/m0/s1. The molecule has 3 heterocycles. The van der Waals surface area contributed by atoms with E-state index in [-0.39, 0.29) is 16.9 Å². The van der Waals surface area contributed by atoms with Crippen molar-refractivity contribution in [3.8, 4) is 10.4 Å². The lowest BCUT2D eigenvalue weighted by atomic mass is 9.92. The molecule has 132 valence electrons. The summed E-state index contributed by atoms with van der Waals surface area (Å²) in [6.07, 6.45) is -0.287. The fourth-order valence-corrected chi connectivity index (χ4v) is 4.27. The first-order valence-corrected chi connectivity index (χ1v) is 9.75. The summed E-state index contributed by atoms with van der Waals surface area (Å²) in [6, 6.07) is 3.94. The topological polar surface area (TPSA) is 72.0 Å². The Morgan fingerprint density at radius 3 is 2.76 bits per heavy atom. The predicted octanol–water partition coefficient (Wildman–Crippen LogP) is 4.75. The average Bonchev–Trinajstić information content (AvgIpc) is 3.13. The van der Waals surface area contributed by atoms with E-state index in [2.05, 4.69) is 9.97 Å². The Kier molecular flexibility index (Phi) is 4.79. The van der Waals surface area contributed by atoms with Crippen molar-refractivity contribution in [2.75, 3.05) is 0 Å². The van der Waals surface area contributed by atoms with Crippen molar-refractivity contribution in [3.05, 3.63) is 39.1 Å². The normalized spacial score (nSPS) is 13.1. The molecular weight excluding hydrogens is 356 g/mol. The summed E-state index contributed by atoms with van der Waals surface area (Å²) in [6.45, 7) is 7.65. The van der Waals surface area contributed by atoms with Crippen LogP contribution in [0.5, 0.6) is 0 Å². The summed E-state index contributed by atoms with van der Waals surface area (Å²) in [5.41, 5.74) is 0.543. The lowest BCUT2D eigenvalue weighted by molar-refractivity contribution is -0.151. The molecule has 0 fully saturated rings. The van der Waals surface area contributed by atoms with Crippen molar-refractivity contribution in [1.82, 2.24) is 9.97 Å². The van der Waals surface area contributed by atoms with E-state index in [4.69, 9.17) is 4.74 Å². The molecule has 0 aliphatic heterocycles. The number of carbonyl (C=O) groups is 1. The van der Waals surface area contributed by atoms with Crippen LogP contribution in [0.3, 0.4) is 0 Å². The monoisotopic (exact) mass is 376 g/mol. The summed E-state index contributed by atoms with van der Waals surface area (Å²) in [5.74, 6) is 0.0764. The molecule has 0 unspecified atom stereocenters. The number of ether oxygens (including phenoxy) is 1. The number of rotatable bonds is 4. The van der Waals surface area contributed by atoms with Crippen LogP contribution in [0.1, 0.15) is 46.0 Å². The molecule has 5 nitrogen and oxygen atoms in total. The van der Waals surface area contributed by atoms with E-state index in [1.165, 1.54) is 11.3 Å². The van der Waals surface area contributed by atoms with Gasteiger partial charge in [-0.3, -0.25) is 9.59 Å². The smallest absolute Gasteiger partial charge is 0.307 e. The second-order valence-electron chi connectivity index (χ2n) is 7.13. The molecule has 0 aliphatic rings. The van der Waals surface area contributed by atoms with Crippen molar-refractivity contribution in [2.24, 2.45) is 5.41 Å². The zero-order chi connectivity index (χ0) is 18.2. The molecule has 0 amide bonds. The number of nitrogens with one attached hydrogen (secondary N) is 1. The quantitative estimate of drug-likeness (QED) is 0.667. The first-order chi connectivity index (χ1) is 11.7. The summed E-state index contributed by atoms with van der Waals surface area (Å²) in [5, 5.41) is 4.51. The third-order valence-corrected chi connectivity index (χ3v) is 5.39. The Bertz CT molecular complexity index is 949. The number of hydrogen-bond acceptors (Lipinski definition) is 6. The largest absolute Gasteiger partial charge is 0.454 e. The molecule has 7 heteroatoms. The second-order valence-corrected chi connectivity index (χ2v) is 8.93. The molecule has 0 saturated carbocycles. The van der Waals surface area contributed by atoms with Gasteiger partial charge in [-0.25, -0.2) is 4.98 Å². The van der Waals surface area contributed by atoms with E-state index in [0.717, 1.165) is 10.4 Å². The van der Waals surface area contributed by atoms with Gasteiger partial charge in [0.25, 0.3) is 5.56 Å². The number of fused-ring (bicyclic) bond motifs is 1. The molecule has 0 aliphatic carbocycles. The van der Waals surface area contributed by atoms with Crippen molar-refractivity contribution in [2.45, 2.75) is 40.2 Å². The van der Waals surface area contributed by atoms with Crippen LogP contribution in [-0.2, 0) is 9.53 Å². The van der Waals surface area contributed by atoms with Crippen LogP contribution in [0.25, 0.3) is 20.7 Å². The number of H-pyrrole nitrogens is 1. The Morgan fingerprint density at radius 2 is 2.12 bits per heavy atom. The van der Waals surface area contributed by atoms with Crippen LogP contribution in [-0.4, -0.2) is 15.9 Å². The van der Waals surface area contributed by atoms with Crippen LogP contribution in [0.2, 0.25) is 0 Å². The van der Waals surface area contributed by atoms with Crippen LogP contribution in [0.15, 0.2) is 27.7 Å². The van der Waals surface area contributed by atoms with Crippen LogP contribution >= 0.6 is 22.7 Å². The molecule has 25 heavy (non-hydrogen) atoms. The molecule has 0 radical (unpaired) electrons. The van der Waals surface area contributed by atoms with Crippen LogP contribution < -0.4 is 5.56 Å². The first-order valence-electron chi connectivity index (χ1n) is 7.99. The Labute approximate surface area is 153 Å². The van der Waals surface area contributed by atoms with Gasteiger partial charge in [-0.2, -0.15) is 0 Å². The molecular formula is C18H20N2O3S2. The van der Waals surface area contributed by atoms with Crippen molar-refractivity contribution in [1.29, 1.82) is 0 Å². The van der Waals surface area contributed by atoms with Gasteiger partial charge in [-0.05, 0) is 23.8 Å². The SMILES string of the molecule is C[C@H](OC(=O)CC(C)(C)C)c1nc2scc(-c3cccs3)c2c(=O)[nH]1. The van der Waals surface area contributed by atoms with Crippen molar-refractivity contribution < 1.29 is 9.53 Å². The number of thiophene rings is 2. The van der Waals surface area contributed by atoms with Gasteiger partial charge < -0.3 is 9.72 Å². The van der Waals surface area contributed by atoms with E-state index in [9.17, 15) is 9.59 Å². The highest BCUT2D eigenvalue weighted by Crippen LogP contribution is 2.34. The third-order valence-electron chi connectivity index (χ3n) is 3.62. The van der Waals surface area contributed by atoms with E-state index in [1.807, 2.05) is 43.7 Å². The predicted molar refractivity (Wildman–Crippen MR) is 102 cm³/mol. The van der Waals surface area contributed by atoms with Gasteiger partial charge in [0.2, 0.25) is 0 Å². The number of aromatic nitrogens is 2. The number of carbonyl (C=O) groups excluding carboxylic acids is 1. The van der Waals surface area contributed by atoms with E-state index < -0.39 is 6.10 Å². The molecule has 3 rings (SSSR count). The van der Waals surface area contributed by atoms with E-state index >= 15 is 0 Å². The summed E-state index contributed by atoms with van der Waals surface area (Å²) < 4.78 is 5.43. The van der Waals surface area contributed by atoms with Gasteiger partial charge in [0, 0.05) is 15.8 Å². The Morgan fingerprint density at radius 1 is 1.36 bits per heavy atom. The van der Waals surface area contributed by atoms with Gasteiger partial charge in [0.1, 0.15) is 4.83 Å². The molecule has 0 spiro atoms. The van der Waals surface area contributed by atoms with Crippen LogP contribution in [0.4, 0.5) is 0 Å². The minimum atomic E-state index is -0.598. The zero-order valence-electron chi connectivity index (χ0n) is 14.6. The fourth-order valence-electron chi connectivity index (χ4n) is 2.50. The maximum Gasteiger partial charge on any atom is 0.307 e. The number of hydrogen-bond donors (Lipinski definition) is 1. The second kappa shape index (κ2) is 6.72. The highest BCUT2D eigenvalue weighted by atomic mass is 32.1. The lowest BCUT2D eigenvalue weighted by Gasteiger charge is -2.19. The summed E-state index contributed by atoms with van der Waals surface area (Å²) in [4.78, 5) is 33.6. The molecule has 3 aromatic heterocycles. The van der Waals surface area contributed by atoms with E-state index in [1.54, 1.807) is 18.3 Å². The van der Waals surface area contributed by atoms with Gasteiger partial charge in [-0.15, -0.1) is 22.7 Å². The average molecular weight is 377 g/mol. The lowest BCUT2D eigenvalue weighted by Crippen LogP contribution is -2.20. The van der Waals surface area contributed by atoms with E-state index in [0.29, 0.717) is 22.5 Å². The molecule has 0 aromatic carbocycles. The van der Waals surface area contributed by atoms with Gasteiger partial charge >= 0.3 is 5.97 Å². The highest BCUT2D eigenvalue weighted by molar-refractivity contribution is 7.18. The first kappa shape index (κ1) is 17.8. The Hall–Kier alpha value is -1.99.